The summed E-state index contributed by atoms with van der Waals surface area (Å²) >= 11 is 0.707. The van der Waals surface area contributed by atoms with E-state index in [9.17, 15) is 0 Å². The first-order valence-corrected chi connectivity index (χ1v) is 6.85. The summed E-state index contributed by atoms with van der Waals surface area (Å²) in [5, 5.41) is 2.21. The van der Waals surface area contributed by atoms with E-state index >= 15 is 0 Å². The molecule has 0 N–H and O–H groups in total. The molecule has 1 heterocycles. The van der Waals surface area contributed by atoms with Gasteiger partial charge in [-0.15, -0.1) is 0 Å². The van der Waals surface area contributed by atoms with Crippen LogP contribution in [0.1, 0.15) is 27.2 Å². The molecular formula is C10H17NSe. The van der Waals surface area contributed by atoms with Crippen molar-refractivity contribution in [2.24, 2.45) is 22.7 Å². The molecule has 1 fully saturated rings. The molecule has 0 aromatic carbocycles. The zero-order chi connectivity index (χ0) is 8.72. The van der Waals surface area contributed by atoms with E-state index in [0.717, 1.165) is 22.6 Å². The Kier molecular flexibility index (Phi) is 2.31. The summed E-state index contributed by atoms with van der Waals surface area (Å²) in [5.41, 5.74) is 0. The third-order valence-electron chi connectivity index (χ3n) is 3.71. The Balaban J connectivity index is 2.13. The summed E-state index contributed by atoms with van der Waals surface area (Å²) in [5.74, 6) is 2.70. The maximum absolute atomic E-state index is 4.60. The third-order valence-corrected chi connectivity index (χ3v) is 6.44. The molecule has 12 heavy (non-hydrogen) atoms. The van der Waals surface area contributed by atoms with Crippen molar-refractivity contribution in [3.8, 4) is 0 Å². The quantitative estimate of drug-likeness (QED) is 0.566. The minimum absolute atomic E-state index is 0.700. The first-order valence-electron chi connectivity index (χ1n) is 4.87. The normalized spacial score (nSPS) is 52.4. The average molecular weight is 230 g/mol. The second-order valence-electron chi connectivity index (χ2n) is 4.35. The Bertz CT molecular complexity index is 202. The summed E-state index contributed by atoms with van der Waals surface area (Å²) < 4.78 is 0. The van der Waals surface area contributed by atoms with Crippen molar-refractivity contribution in [1.29, 1.82) is 0 Å². The van der Waals surface area contributed by atoms with Gasteiger partial charge in [-0.2, -0.15) is 0 Å². The van der Waals surface area contributed by atoms with Crippen molar-refractivity contribution in [3.63, 3.8) is 0 Å². The van der Waals surface area contributed by atoms with Gasteiger partial charge in [0.05, 0.1) is 0 Å². The van der Waals surface area contributed by atoms with Crippen molar-refractivity contribution in [2.45, 2.75) is 38.1 Å². The van der Waals surface area contributed by atoms with Gasteiger partial charge in [0.1, 0.15) is 0 Å². The first kappa shape index (κ1) is 8.77. The van der Waals surface area contributed by atoms with Crippen LogP contribution in [0.4, 0.5) is 0 Å². The minimum atomic E-state index is 0.700. The Morgan fingerprint density at radius 2 is 2.00 bits per heavy atom. The molecule has 2 aliphatic rings. The summed E-state index contributed by atoms with van der Waals surface area (Å²) in [6, 6.07) is 0.700. The molecule has 68 valence electrons. The Morgan fingerprint density at radius 1 is 1.25 bits per heavy atom. The van der Waals surface area contributed by atoms with Gasteiger partial charge in [0.15, 0.2) is 0 Å². The standard InChI is InChI=1S/C10H17NSe/c1-6-4-9-10(12-5-11-9)8(3)7(6)2/h5-10H,4H2,1-3H3. The van der Waals surface area contributed by atoms with Gasteiger partial charge in [-0.1, -0.05) is 0 Å². The van der Waals surface area contributed by atoms with Gasteiger partial charge >= 0.3 is 80.9 Å². The Morgan fingerprint density at radius 3 is 2.75 bits per heavy atom. The van der Waals surface area contributed by atoms with E-state index in [-0.39, 0.29) is 0 Å². The molecule has 0 amide bonds. The number of nitrogens with zero attached hydrogens (tertiary/aromatic N) is 1. The van der Waals surface area contributed by atoms with Crippen molar-refractivity contribution in [2.75, 3.05) is 0 Å². The van der Waals surface area contributed by atoms with Gasteiger partial charge < -0.3 is 0 Å². The summed E-state index contributed by atoms with van der Waals surface area (Å²) in [4.78, 5) is 5.53. The summed E-state index contributed by atoms with van der Waals surface area (Å²) in [6.07, 6.45) is 1.34. The predicted molar refractivity (Wildman–Crippen MR) is 53.9 cm³/mol. The fourth-order valence-electron chi connectivity index (χ4n) is 2.44. The molecular weight excluding hydrogens is 213 g/mol. The average Bonchev–Trinajstić information content (AvgIpc) is 2.48. The molecule has 5 unspecified atom stereocenters. The van der Waals surface area contributed by atoms with Gasteiger partial charge in [-0.3, -0.25) is 0 Å². The second-order valence-corrected chi connectivity index (χ2v) is 6.51. The number of fused-ring (bicyclic) bond motifs is 1. The topological polar surface area (TPSA) is 12.4 Å². The molecule has 1 aliphatic heterocycles. The fourth-order valence-corrected chi connectivity index (χ4v) is 5.01. The van der Waals surface area contributed by atoms with Crippen LogP contribution in [0.5, 0.6) is 0 Å². The predicted octanol–water partition coefficient (Wildman–Crippen LogP) is 2.20. The molecule has 0 spiro atoms. The number of rotatable bonds is 0. The van der Waals surface area contributed by atoms with E-state index in [1.54, 1.807) is 0 Å². The van der Waals surface area contributed by atoms with Crippen LogP contribution in [0.15, 0.2) is 4.99 Å². The maximum atomic E-state index is 4.60. The number of aliphatic imine (C=N–C) groups is 1. The Labute approximate surface area is 81.2 Å². The molecule has 1 nitrogen and oxygen atoms in total. The van der Waals surface area contributed by atoms with Crippen LogP contribution < -0.4 is 0 Å². The van der Waals surface area contributed by atoms with Crippen molar-refractivity contribution < 1.29 is 0 Å². The molecule has 0 saturated heterocycles. The second kappa shape index (κ2) is 3.15. The van der Waals surface area contributed by atoms with Crippen LogP contribution in [0, 0.1) is 17.8 Å². The first-order chi connectivity index (χ1) is 5.70. The number of hydrogen-bond donors (Lipinski definition) is 0. The molecule has 0 aromatic rings. The van der Waals surface area contributed by atoms with E-state index in [2.05, 4.69) is 30.9 Å². The van der Waals surface area contributed by atoms with Gasteiger partial charge in [-0.05, 0) is 0 Å². The van der Waals surface area contributed by atoms with E-state index in [1.165, 1.54) is 6.42 Å². The van der Waals surface area contributed by atoms with Crippen LogP contribution in [-0.2, 0) is 0 Å². The SMILES string of the molecule is CC1CC2N=C[Se]C2C(C)C1C. The van der Waals surface area contributed by atoms with Crippen molar-refractivity contribution in [3.05, 3.63) is 0 Å². The molecule has 2 rings (SSSR count). The van der Waals surface area contributed by atoms with E-state index in [1.807, 2.05) is 0 Å². The van der Waals surface area contributed by atoms with E-state index in [0.29, 0.717) is 21.0 Å². The van der Waals surface area contributed by atoms with E-state index in [4.69, 9.17) is 0 Å². The van der Waals surface area contributed by atoms with Crippen LogP contribution in [0.25, 0.3) is 0 Å². The van der Waals surface area contributed by atoms with Crippen molar-refractivity contribution >= 4 is 20.1 Å². The summed E-state index contributed by atoms with van der Waals surface area (Å²) in [7, 11) is 0. The van der Waals surface area contributed by atoms with Gasteiger partial charge in [0, 0.05) is 0 Å². The van der Waals surface area contributed by atoms with Crippen LogP contribution >= 0.6 is 0 Å². The van der Waals surface area contributed by atoms with E-state index < -0.39 is 0 Å². The van der Waals surface area contributed by atoms with Crippen LogP contribution in [-0.4, -0.2) is 26.1 Å². The zero-order valence-corrected chi connectivity index (χ0v) is 9.74. The van der Waals surface area contributed by atoms with Gasteiger partial charge in [0.2, 0.25) is 0 Å². The molecule has 2 heteroatoms. The van der Waals surface area contributed by atoms with Crippen molar-refractivity contribution in [1.82, 2.24) is 0 Å². The molecule has 0 radical (unpaired) electrons. The molecule has 0 aromatic heterocycles. The fraction of sp³-hybridized carbons (Fsp3) is 0.900. The monoisotopic (exact) mass is 231 g/mol. The molecule has 1 aliphatic carbocycles. The summed E-state index contributed by atoms with van der Waals surface area (Å²) in [6.45, 7) is 7.23. The molecule has 1 saturated carbocycles. The zero-order valence-electron chi connectivity index (χ0n) is 8.03. The molecule has 5 atom stereocenters. The van der Waals surface area contributed by atoms with Gasteiger partial charge in [-0.25, -0.2) is 0 Å². The Hall–Kier alpha value is 0.189. The van der Waals surface area contributed by atoms with Gasteiger partial charge in [0.25, 0.3) is 0 Å². The van der Waals surface area contributed by atoms with Crippen LogP contribution in [0.3, 0.4) is 0 Å². The van der Waals surface area contributed by atoms with Crippen LogP contribution in [0.2, 0.25) is 4.82 Å². The number of hydrogen-bond acceptors (Lipinski definition) is 1. The molecule has 0 bridgehead atoms. The third kappa shape index (κ3) is 1.25.